The summed E-state index contributed by atoms with van der Waals surface area (Å²) in [4.78, 5) is 0. The summed E-state index contributed by atoms with van der Waals surface area (Å²) < 4.78 is 10.9. The smallest absolute Gasteiger partial charge is 0.161 e. The first kappa shape index (κ1) is 13.1. The first-order valence-electron chi connectivity index (χ1n) is 6.12. The third kappa shape index (κ3) is 3.13. The van der Waals surface area contributed by atoms with E-state index in [-0.39, 0.29) is 12.6 Å². The minimum atomic E-state index is -0.630. The van der Waals surface area contributed by atoms with E-state index in [1.54, 1.807) is 6.07 Å². The molecule has 0 fully saturated rings. The topological polar surface area (TPSA) is 71.0 Å². The lowest BCUT2D eigenvalue weighted by atomic mass is 10.1. The SMILES string of the molecule is CC(CO)NCC(O)c1ccc2c(c1)OCCO2. The molecule has 0 aromatic heterocycles. The summed E-state index contributed by atoms with van der Waals surface area (Å²) in [6.45, 7) is 3.39. The molecule has 0 saturated carbocycles. The summed E-state index contributed by atoms with van der Waals surface area (Å²) in [7, 11) is 0. The zero-order valence-corrected chi connectivity index (χ0v) is 10.4. The Morgan fingerprint density at radius 3 is 2.72 bits per heavy atom. The highest BCUT2D eigenvalue weighted by Gasteiger charge is 2.15. The molecule has 0 amide bonds. The second-order valence-electron chi connectivity index (χ2n) is 4.41. The molecule has 3 N–H and O–H groups in total. The first-order valence-corrected chi connectivity index (χ1v) is 6.12. The van der Waals surface area contributed by atoms with E-state index in [0.29, 0.717) is 31.3 Å². The number of benzene rings is 1. The number of aliphatic hydroxyl groups is 2. The molecular weight excluding hydrogens is 234 g/mol. The summed E-state index contributed by atoms with van der Waals surface area (Å²) in [6.07, 6.45) is -0.630. The van der Waals surface area contributed by atoms with Crippen molar-refractivity contribution < 1.29 is 19.7 Å². The molecule has 5 heteroatoms. The molecule has 1 aliphatic rings. The lowest BCUT2D eigenvalue weighted by molar-refractivity contribution is 0.156. The second-order valence-corrected chi connectivity index (χ2v) is 4.41. The molecule has 0 aliphatic carbocycles. The number of nitrogens with one attached hydrogen (secondary N) is 1. The molecule has 2 unspecified atom stereocenters. The standard InChI is InChI=1S/C13H19NO4/c1-9(8-15)14-7-11(16)10-2-3-12-13(6-10)18-5-4-17-12/h2-3,6,9,11,14-16H,4-5,7-8H2,1H3. The second kappa shape index (κ2) is 6.04. The lowest BCUT2D eigenvalue weighted by Crippen LogP contribution is -2.33. The van der Waals surface area contributed by atoms with Gasteiger partial charge in [0.25, 0.3) is 0 Å². The monoisotopic (exact) mass is 253 g/mol. The predicted molar refractivity (Wildman–Crippen MR) is 66.9 cm³/mol. The Morgan fingerprint density at radius 1 is 1.28 bits per heavy atom. The van der Waals surface area contributed by atoms with Gasteiger partial charge in [-0.25, -0.2) is 0 Å². The van der Waals surface area contributed by atoms with Gasteiger partial charge >= 0.3 is 0 Å². The van der Waals surface area contributed by atoms with E-state index in [2.05, 4.69) is 5.32 Å². The molecule has 1 aliphatic heterocycles. The van der Waals surface area contributed by atoms with Crippen LogP contribution in [-0.4, -0.2) is 42.6 Å². The summed E-state index contributed by atoms with van der Waals surface area (Å²) in [6, 6.07) is 5.40. The maximum absolute atomic E-state index is 10.0. The first-order chi connectivity index (χ1) is 8.70. The van der Waals surface area contributed by atoms with Crippen LogP contribution in [0.1, 0.15) is 18.6 Å². The van der Waals surface area contributed by atoms with Crippen molar-refractivity contribution in [2.75, 3.05) is 26.4 Å². The Hall–Kier alpha value is -1.30. The van der Waals surface area contributed by atoms with E-state index < -0.39 is 6.10 Å². The van der Waals surface area contributed by atoms with Crippen LogP contribution in [0.25, 0.3) is 0 Å². The number of fused-ring (bicyclic) bond motifs is 1. The highest BCUT2D eigenvalue weighted by Crippen LogP contribution is 2.32. The molecule has 0 spiro atoms. The van der Waals surface area contributed by atoms with Crippen molar-refractivity contribution in [3.63, 3.8) is 0 Å². The van der Waals surface area contributed by atoms with Crippen molar-refractivity contribution in [2.24, 2.45) is 0 Å². The van der Waals surface area contributed by atoms with Crippen LogP contribution in [-0.2, 0) is 0 Å². The van der Waals surface area contributed by atoms with E-state index in [1.165, 1.54) is 0 Å². The number of ether oxygens (including phenoxy) is 2. The molecule has 100 valence electrons. The van der Waals surface area contributed by atoms with Gasteiger partial charge in [-0.05, 0) is 24.6 Å². The van der Waals surface area contributed by atoms with Crippen LogP contribution in [0.15, 0.2) is 18.2 Å². The summed E-state index contributed by atoms with van der Waals surface area (Å²) in [5.74, 6) is 1.39. The molecule has 1 heterocycles. The predicted octanol–water partition coefficient (Wildman–Crippen LogP) is 0.462. The van der Waals surface area contributed by atoms with Gasteiger partial charge in [-0.1, -0.05) is 6.07 Å². The summed E-state index contributed by atoms with van der Waals surface area (Å²) in [5, 5.41) is 22.0. The van der Waals surface area contributed by atoms with E-state index in [4.69, 9.17) is 14.6 Å². The Balaban J connectivity index is 1.99. The van der Waals surface area contributed by atoms with E-state index in [9.17, 15) is 5.11 Å². The van der Waals surface area contributed by atoms with Crippen molar-refractivity contribution >= 4 is 0 Å². The highest BCUT2D eigenvalue weighted by molar-refractivity contribution is 5.44. The van der Waals surface area contributed by atoms with Crippen LogP contribution in [0.5, 0.6) is 11.5 Å². The Bertz CT molecular complexity index is 397. The quantitative estimate of drug-likeness (QED) is 0.711. The maximum atomic E-state index is 10.0. The molecule has 2 rings (SSSR count). The Morgan fingerprint density at radius 2 is 2.00 bits per heavy atom. The Labute approximate surface area is 106 Å². The van der Waals surface area contributed by atoms with Crippen LogP contribution in [0.2, 0.25) is 0 Å². The van der Waals surface area contributed by atoms with Crippen LogP contribution in [0, 0.1) is 0 Å². The molecular formula is C13H19NO4. The third-order valence-corrected chi connectivity index (χ3v) is 2.88. The molecule has 1 aromatic rings. The van der Waals surface area contributed by atoms with Gasteiger partial charge in [-0.15, -0.1) is 0 Å². The van der Waals surface area contributed by atoms with Crippen molar-refractivity contribution in [1.29, 1.82) is 0 Å². The van der Waals surface area contributed by atoms with Gasteiger partial charge in [0.2, 0.25) is 0 Å². The molecule has 2 atom stereocenters. The molecule has 1 aromatic carbocycles. The van der Waals surface area contributed by atoms with Crippen LogP contribution in [0.4, 0.5) is 0 Å². The van der Waals surface area contributed by atoms with E-state index in [0.717, 1.165) is 5.56 Å². The number of aliphatic hydroxyl groups excluding tert-OH is 2. The zero-order chi connectivity index (χ0) is 13.0. The molecule has 0 saturated heterocycles. The fraction of sp³-hybridized carbons (Fsp3) is 0.538. The minimum absolute atomic E-state index is 0.0307. The maximum Gasteiger partial charge on any atom is 0.161 e. The van der Waals surface area contributed by atoms with Crippen molar-refractivity contribution in [3.05, 3.63) is 23.8 Å². The Kier molecular flexibility index (Phi) is 4.41. The summed E-state index contributed by atoms with van der Waals surface area (Å²) in [5.41, 5.74) is 0.775. The number of hydrogen-bond donors (Lipinski definition) is 3. The van der Waals surface area contributed by atoms with Gasteiger partial charge in [0.05, 0.1) is 12.7 Å². The fourth-order valence-corrected chi connectivity index (χ4v) is 1.76. The lowest BCUT2D eigenvalue weighted by Gasteiger charge is -2.21. The number of rotatable bonds is 5. The van der Waals surface area contributed by atoms with Crippen molar-refractivity contribution in [1.82, 2.24) is 5.32 Å². The largest absolute Gasteiger partial charge is 0.486 e. The van der Waals surface area contributed by atoms with Gasteiger partial charge in [0, 0.05) is 12.6 Å². The van der Waals surface area contributed by atoms with Gasteiger partial charge in [-0.2, -0.15) is 0 Å². The van der Waals surface area contributed by atoms with Crippen molar-refractivity contribution in [3.8, 4) is 11.5 Å². The van der Waals surface area contributed by atoms with Gasteiger partial charge < -0.3 is 25.0 Å². The van der Waals surface area contributed by atoms with Gasteiger partial charge in [0.1, 0.15) is 13.2 Å². The fourth-order valence-electron chi connectivity index (χ4n) is 1.76. The number of hydrogen-bond acceptors (Lipinski definition) is 5. The normalized spacial score (nSPS) is 17.3. The molecule has 18 heavy (non-hydrogen) atoms. The molecule has 0 radical (unpaired) electrons. The van der Waals surface area contributed by atoms with Crippen LogP contribution in [0.3, 0.4) is 0 Å². The average Bonchev–Trinajstić information content (AvgIpc) is 2.43. The molecule has 5 nitrogen and oxygen atoms in total. The zero-order valence-electron chi connectivity index (χ0n) is 10.4. The minimum Gasteiger partial charge on any atom is -0.486 e. The van der Waals surface area contributed by atoms with E-state index in [1.807, 2.05) is 19.1 Å². The highest BCUT2D eigenvalue weighted by atomic mass is 16.6. The van der Waals surface area contributed by atoms with Gasteiger partial charge in [-0.3, -0.25) is 0 Å². The van der Waals surface area contributed by atoms with Crippen molar-refractivity contribution in [2.45, 2.75) is 19.1 Å². The van der Waals surface area contributed by atoms with Crippen LogP contribution >= 0.6 is 0 Å². The van der Waals surface area contributed by atoms with Gasteiger partial charge in [0.15, 0.2) is 11.5 Å². The molecule has 0 bridgehead atoms. The average molecular weight is 253 g/mol. The van der Waals surface area contributed by atoms with E-state index >= 15 is 0 Å². The summed E-state index contributed by atoms with van der Waals surface area (Å²) >= 11 is 0. The third-order valence-electron chi connectivity index (χ3n) is 2.88. The van der Waals surface area contributed by atoms with Crippen LogP contribution < -0.4 is 14.8 Å².